The van der Waals surface area contributed by atoms with E-state index >= 15 is 0 Å². The Morgan fingerprint density at radius 1 is 1.12 bits per heavy atom. The Labute approximate surface area is 153 Å². The molecular formula is C22H37NO2. The van der Waals surface area contributed by atoms with Crippen molar-refractivity contribution >= 4 is 5.91 Å². The van der Waals surface area contributed by atoms with Crippen LogP contribution in [-0.4, -0.2) is 35.1 Å². The molecule has 1 heterocycles. The van der Waals surface area contributed by atoms with E-state index in [0.29, 0.717) is 34.6 Å². The predicted molar refractivity (Wildman–Crippen MR) is 99.9 cm³/mol. The molecule has 9 atom stereocenters. The first-order valence-electron chi connectivity index (χ1n) is 10.6. The van der Waals surface area contributed by atoms with Crippen molar-refractivity contribution in [2.45, 2.75) is 84.8 Å². The van der Waals surface area contributed by atoms with E-state index in [2.05, 4.69) is 25.7 Å². The molecule has 0 aromatic rings. The Kier molecular flexibility index (Phi) is 4.07. The number of carbonyl (C=O) groups is 1. The molecule has 1 saturated heterocycles. The van der Waals surface area contributed by atoms with Gasteiger partial charge in [0.05, 0.1) is 6.10 Å². The molecule has 0 aromatic heterocycles. The molecule has 1 amide bonds. The minimum Gasteiger partial charge on any atom is -0.393 e. The maximum atomic E-state index is 12.2. The van der Waals surface area contributed by atoms with Gasteiger partial charge in [0.15, 0.2) is 0 Å². The second-order valence-corrected chi connectivity index (χ2v) is 10.5. The fraction of sp³-hybridized carbons (Fsp3) is 0.955. The number of rotatable bonds is 1. The Balaban J connectivity index is 1.65. The number of piperidine rings is 1. The van der Waals surface area contributed by atoms with Crippen LogP contribution in [0.3, 0.4) is 0 Å². The third-order valence-electron chi connectivity index (χ3n) is 9.51. The average Bonchev–Trinajstić information content (AvgIpc) is 2.81. The van der Waals surface area contributed by atoms with Crippen molar-refractivity contribution in [3.05, 3.63) is 0 Å². The van der Waals surface area contributed by atoms with Crippen LogP contribution >= 0.6 is 0 Å². The fourth-order valence-electron chi connectivity index (χ4n) is 8.58. The summed E-state index contributed by atoms with van der Waals surface area (Å²) in [5.74, 6) is 3.77. The van der Waals surface area contributed by atoms with E-state index in [1.165, 1.54) is 32.1 Å². The quantitative estimate of drug-likeness (QED) is 0.776. The number of aliphatic hydroxyl groups excluding tert-OH is 1. The molecule has 25 heavy (non-hydrogen) atoms. The molecule has 2 unspecified atom stereocenters. The van der Waals surface area contributed by atoms with Crippen molar-refractivity contribution in [1.29, 1.82) is 0 Å². The van der Waals surface area contributed by atoms with Crippen molar-refractivity contribution in [3.8, 4) is 0 Å². The second kappa shape index (κ2) is 5.71. The van der Waals surface area contributed by atoms with Crippen LogP contribution in [0, 0.1) is 40.4 Å². The van der Waals surface area contributed by atoms with E-state index < -0.39 is 0 Å². The lowest BCUT2D eigenvalue weighted by Gasteiger charge is -2.62. The SMILES string of the molecule is CC(O)[C@H]1[C@@H](C)C[C@H]2[C@@H]3CCC4N(C)C(=O)CC[C@]4(C)[C@H]3CC[C@@]21C. The first-order valence-corrected chi connectivity index (χ1v) is 10.6. The summed E-state index contributed by atoms with van der Waals surface area (Å²) in [4.78, 5) is 14.3. The van der Waals surface area contributed by atoms with Gasteiger partial charge in [-0.25, -0.2) is 0 Å². The van der Waals surface area contributed by atoms with Crippen molar-refractivity contribution in [2.75, 3.05) is 7.05 Å². The molecule has 0 spiro atoms. The van der Waals surface area contributed by atoms with Crippen molar-refractivity contribution in [1.82, 2.24) is 4.90 Å². The Bertz CT molecular complexity index is 560. The highest BCUT2D eigenvalue weighted by molar-refractivity contribution is 5.77. The molecule has 142 valence electrons. The number of likely N-dealkylation sites (tertiary alicyclic amines) is 1. The number of amides is 1. The molecule has 3 saturated carbocycles. The summed E-state index contributed by atoms with van der Waals surface area (Å²) in [6, 6.07) is 0.450. The van der Waals surface area contributed by atoms with Crippen LogP contribution < -0.4 is 0 Å². The molecule has 4 rings (SSSR count). The molecule has 3 nitrogen and oxygen atoms in total. The van der Waals surface area contributed by atoms with Crippen LogP contribution in [0.1, 0.15) is 72.6 Å². The third kappa shape index (κ3) is 2.30. The number of hydrogen-bond donors (Lipinski definition) is 1. The highest BCUT2D eigenvalue weighted by Gasteiger charge is 2.62. The topological polar surface area (TPSA) is 40.5 Å². The third-order valence-corrected chi connectivity index (χ3v) is 9.51. The van der Waals surface area contributed by atoms with Gasteiger partial charge >= 0.3 is 0 Å². The highest BCUT2D eigenvalue weighted by Crippen LogP contribution is 2.67. The smallest absolute Gasteiger partial charge is 0.222 e. The Morgan fingerprint density at radius 2 is 1.84 bits per heavy atom. The lowest BCUT2D eigenvalue weighted by Crippen LogP contribution is -2.61. The lowest BCUT2D eigenvalue weighted by atomic mass is 9.46. The maximum absolute atomic E-state index is 12.2. The molecule has 4 fully saturated rings. The number of aliphatic hydroxyl groups is 1. The molecule has 0 radical (unpaired) electrons. The van der Waals surface area contributed by atoms with Crippen LogP contribution in [-0.2, 0) is 4.79 Å². The highest BCUT2D eigenvalue weighted by atomic mass is 16.3. The monoisotopic (exact) mass is 347 g/mol. The van der Waals surface area contributed by atoms with E-state index in [4.69, 9.17) is 0 Å². The van der Waals surface area contributed by atoms with E-state index in [0.717, 1.165) is 30.6 Å². The van der Waals surface area contributed by atoms with Crippen LogP contribution in [0.4, 0.5) is 0 Å². The maximum Gasteiger partial charge on any atom is 0.222 e. The second-order valence-electron chi connectivity index (χ2n) is 10.5. The lowest BCUT2D eigenvalue weighted by molar-refractivity contribution is -0.159. The largest absolute Gasteiger partial charge is 0.393 e. The van der Waals surface area contributed by atoms with Crippen LogP contribution in [0.5, 0.6) is 0 Å². The van der Waals surface area contributed by atoms with E-state index in [-0.39, 0.29) is 6.10 Å². The van der Waals surface area contributed by atoms with E-state index in [1.54, 1.807) is 0 Å². The van der Waals surface area contributed by atoms with Gasteiger partial charge in [0.25, 0.3) is 0 Å². The van der Waals surface area contributed by atoms with Gasteiger partial charge in [0.1, 0.15) is 0 Å². The van der Waals surface area contributed by atoms with Gasteiger partial charge in [-0.05, 0) is 85.9 Å². The van der Waals surface area contributed by atoms with Gasteiger partial charge in [-0.15, -0.1) is 0 Å². The van der Waals surface area contributed by atoms with Crippen LogP contribution in [0.15, 0.2) is 0 Å². The average molecular weight is 348 g/mol. The minimum atomic E-state index is -0.188. The van der Waals surface area contributed by atoms with Gasteiger partial charge in [-0.2, -0.15) is 0 Å². The Hall–Kier alpha value is -0.570. The molecule has 3 aliphatic carbocycles. The molecule has 1 N–H and O–H groups in total. The summed E-state index contributed by atoms with van der Waals surface area (Å²) in [6.07, 6.45) is 7.95. The zero-order chi connectivity index (χ0) is 18.1. The summed E-state index contributed by atoms with van der Waals surface area (Å²) >= 11 is 0. The summed E-state index contributed by atoms with van der Waals surface area (Å²) in [7, 11) is 2.04. The summed E-state index contributed by atoms with van der Waals surface area (Å²) < 4.78 is 0. The van der Waals surface area contributed by atoms with Gasteiger partial charge in [-0.3, -0.25) is 4.79 Å². The first-order chi connectivity index (χ1) is 11.7. The molecular weight excluding hydrogens is 310 g/mol. The van der Waals surface area contributed by atoms with Crippen molar-refractivity contribution in [3.63, 3.8) is 0 Å². The van der Waals surface area contributed by atoms with Gasteiger partial charge in [0.2, 0.25) is 5.91 Å². The number of nitrogens with zero attached hydrogens (tertiary/aromatic N) is 1. The van der Waals surface area contributed by atoms with Gasteiger partial charge in [-0.1, -0.05) is 20.8 Å². The van der Waals surface area contributed by atoms with Gasteiger partial charge < -0.3 is 10.0 Å². The predicted octanol–water partition coefficient (Wildman–Crippen LogP) is 4.09. The van der Waals surface area contributed by atoms with Crippen LogP contribution in [0.25, 0.3) is 0 Å². The zero-order valence-electron chi connectivity index (χ0n) is 16.8. The first kappa shape index (κ1) is 17.8. The molecule has 3 heteroatoms. The van der Waals surface area contributed by atoms with E-state index in [9.17, 15) is 9.90 Å². The van der Waals surface area contributed by atoms with Crippen molar-refractivity contribution in [2.24, 2.45) is 40.4 Å². The number of hydrogen-bond acceptors (Lipinski definition) is 2. The minimum absolute atomic E-state index is 0.188. The molecule has 0 bridgehead atoms. The van der Waals surface area contributed by atoms with Crippen molar-refractivity contribution < 1.29 is 9.90 Å². The number of fused-ring (bicyclic) bond motifs is 5. The van der Waals surface area contributed by atoms with Gasteiger partial charge in [0, 0.05) is 19.5 Å². The molecule has 1 aliphatic heterocycles. The standard InChI is InChI=1S/C22H37NO2/c1-13-12-17-15-6-7-18-21(3,11-9-19(25)23(18)5)16(15)8-10-22(17,4)20(13)14(2)24/h13-18,20,24H,6-12H2,1-5H3/t13-,14?,15+,16-,17-,18?,20+,21+,22-/m0/s1. The van der Waals surface area contributed by atoms with Crippen LogP contribution in [0.2, 0.25) is 0 Å². The fourth-order valence-corrected chi connectivity index (χ4v) is 8.58. The summed E-state index contributed by atoms with van der Waals surface area (Å²) in [5, 5.41) is 10.5. The molecule has 0 aromatic carbocycles. The summed E-state index contributed by atoms with van der Waals surface area (Å²) in [6.45, 7) is 9.36. The zero-order valence-corrected chi connectivity index (χ0v) is 16.8. The summed E-state index contributed by atoms with van der Waals surface area (Å²) in [5.41, 5.74) is 0.618. The Morgan fingerprint density at radius 3 is 2.52 bits per heavy atom. The number of carbonyl (C=O) groups excluding carboxylic acids is 1. The normalized spacial score (nSPS) is 53.8. The van der Waals surface area contributed by atoms with E-state index in [1.807, 2.05) is 14.0 Å². The molecule has 4 aliphatic rings.